The highest BCUT2D eigenvalue weighted by molar-refractivity contribution is 5.98. The van der Waals surface area contributed by atoms with Crippen molar-refractivity contribution < 1.29 is 23.1 Å². The Kier molecular flexibility index (Phi) is 5.66. The number of hydrogen-bond acceptors (Lipinski definition) is 6. The van der Waals surface area contributed by atoms with Gasteiger partial charge in [0.2, 0.25) is 5.91 Å². The summed E-state index contributed by atoms with van der Waals surface area (Å²) in [6.07, 6.45) is 1.60. The number of benzene rings is 2. The number of anilines is 1. The lowest BCUT2D eigenvalue weighted by atomic mass is 9.86. The van der Waals surface area contributed by atoms with E-state index < -0.39 is 5.63 Å². The van der Waals surface area contributed by atoms with Gasteiger partial charge in [0.15, 0.2) is 0 Å². The summed E-state index contributed by atoms with van der Waals surface area (Å²) >= 11 is 0. The molecule has 0 aliphatic heterocycles. The lowest BCUT2D eigenvalue weighted by Crippen LogP contribution is -2.21. The second-order valence-electron chi connectivity index (χ2n) is 9.03. The van der Waals surface area contributed by atoms with E-state index in [2.05, 4.69) is 26.1 Å². The zero-order chi connectivity index (χ0) is 23.9. The topological polar surface area (TPSA) is 90.9 Å². The molecule has 2 aromatic heterocycles. The van der Waals surface area contributed by atoms with Crippen molar-refractivity contribution in [3.05, 3.63) is 63.7 Å². The maximum Gasteiger partial charge on any atom is 0.340 e. The average Bonchev–Trinajstić information content (AvgIpc) is 3.19. The Morgan fingerprint density at radius 1 is 1.03 bits per heavy atom. The van der Waals surface area contributed by atoms with Gasteiger partial charge < -0.3 is 23.6 Å². The van der Waals surface area contributed by atoms with Crippen molar-refractivity contribution in [2.75, 3.05) is 19.5 Å². The first kappa shape index (κ1) is 22.5. The third kappa shape index (κ3) is 4.18. The average molecular weight is 450 g/mol. The Hall–Kier alpha value is -3.74. The number of carbonyl (C=O) groups is 1. The van der Waals surface area contributed by atoms with Gasteiger partial charge >= 0.3 is 5.63 Å². The molecule has 172 valence electrons. The minimum Gasteiger partial charge on any atom is -0.497 e. The van der Waals surface area contributed by atoms with E-state index in [1.54, 1.807) is 37.6 Å². The maximum atomic E-state index is 12.8. The number of aryl methyl sites for hydroxylation is 1. The Balaban J connectivity index is 1.73. The molecule has 0 saturated carbocycles. The van der Waals surface area contributed by atoms with E-state index in [0.717, 1.165) is 16.3 Å². The van der Waals surface area contributed by atoms with Crippen molar-refractivity contribution >= 4 is 33.5 Å². The summed E-state index contributed by atoms with van der Waals surface area (Å²) in [6.45, 7) is 8.17. The largest absolute Gasteiger partial charge is 0.497 e. The van der Waals surface area contributed by atoms with Gasteiger partial charge in [0.1, 0.15) is 22.7 Å². The number of rotatable bonds is 5. The monoisotopic (exact) mass is 449 g/mol. The smallest absolute Gasteiger partial charge is 0.340 e. The predicted octanol–water partition coefficient (Wildman–Crippen LogP) is 5.34. The first-order chi connectivity index (χ1) is 15.6. The first-order valence-electron chi connectivity index (χ1n) is 10.6. The molecule has 0 unspecified atom stereocenters. The highest BCUT2D eigenvalue weighted by Crippen LogP contribution is 2.35. The summed E-state index contributed by atoms with van der Waals surface area (Å²) < 4.78 is 21.8. The van der Waals surface area contributed by atoms with Crippen LogP contribution in [0.2, 0.25) is 0 Å². The third-order valence-electron chi connectivity index (χ3n) is 5.81. The molecule has 2 heterocycles. The number of fused-ring (bicyclic) bond motifs is 2. The SMILES string of the molecule is COc1ccc(OC)c(NC(=O)Cc2c(C)c3cc4c(C(C)(C)C)coc4cc3oc2=O)c1. The van der Waals surface area contributed by atoms with E-state index >= 15 is 0 Å². The Bertz CT molecular complexity index is 1420. The van der Waals surface area contributed by atoms with Gasteiger partial charge in [-0.2, -0.15) is 0 Å². The van der Waals surface area contributed by atoms with Crippen LogP contribution in [0, 0.1) is 6.92 Å². The van der Waals surface area contributed by atoms with Crippen LogP contribution in [0.5, 0.6) is 11.5 Å². The number of amides is 1. The zero-order valence-electron chi connectivity index (χ0n) is 19.6. The molecule has 0 spiro atoms. The van der Waals surface area contributed by atoms with E-state index in [0.29, 0.717) is 39.5 Å². The van der Waals surface area contributed by atoms with Gasteiger partial charge in [-0.3, -0.25) is 4.79 Å². The molecule has 33 heavy (non-hydrogen) atoms. The summed E-state index contributed by atoms with van der Waals surface area (Å²) in [5.41, 5.74) is 2.97. The molecule has 0 atom stereocenters. The van der Waals surface area contributed by atoms with Gasteiger partial charge in [-0.15, -0.1) is 0 Å². The first-order valence-corrected chi connectivity index (χ1v) is 10.6. The van der Waals surface area contributed by atoms with Gasteiger partial charge in [0, 0.05) is 28.5 Å². The van der Waals surface area contributed by atoms with Gasteiger partial charge in [0.05, 0.1) is 38.2 Å². The van der Waals surface area contributed by atoms with Crippen LogP contribution >= 0.6 is 0 Å². The molecular weight excluding hydrogens is 422 g/mol. The van der Waals surface area contributed by atoms with E-state index in [-0.39, 0.29) is 17.7 Å². The van der Waals surface area contributed by atoms with Crippen molar-refractivity contribution in [1.82, 2.24) is 0 Å². The van der Waals surface area contributed by atoms with Crippen molar-refractivity contribution in [2.45, 2.75) is 39.5 Å². The number of ether oxygens (including phenoxy) is 2. The highest BCUT2D eigenvalue weighted by atomic mass is 16.5. The molecular formula is C26H27NO6. The zero-order valence-corrected chi connectivity index (χ0v) is 19.6. The van der Waals surface area contributed by atoms with Gasteiger partial charge in [-0.05, 0) is 36.1 Å². The lowest BCUT2D eigenvalue weighted by Gasteiger charge is -2.16. The standard InChI is InChI=1S/C26H27NO6/c1-14-16-10-18-19(26(2,3)4)13-32-22(18)12-23(16)33-25(29)17(14)11-24(28)27-20-9-15(30-5)7-8-21(20)31-6/h7-10,12-13H,11H2,1-6H3,(H,27,28). The highest BCUT2D eigenvalue weighted by Gasteiger charge is 2.22. The second-order valence-corrected chi connectivity index (χ2v) is 9.03. The fourth-order valence-electron chi connectivity index (χ4n) is 3.96. The van der Waals surface area contributed by atoms with E-state index in [1.807, 2.05) is 13.0 Å². The molecule has 7 heteroatoms. The number of carbonyl (C=O) groups excluding carboxylic acids is 1. The molecule has 0 aliphatic rings. The van der Waals surface area contributed by atoms with Gasteiger partial charge in [-0.1, -0.05) is 20.8 Å². The van der Waals surface area contributed by atoms with Crippen LogP contribution in [0.3, 0.4) is 0 Å². The van der Waals surface area contributed by atoms with Gasteiger partial charge in [-0.25, -0.2) is 4.79 Å². The predicted molar refractivity (Wildman–Crippen MR) is 128 cm³/mol. The van der Waals surface area contributed by atoms with Crippen molar-refractivity contribution in [2.24, 2.45) is 0 Å². The molecule has 0 saturated heterocycles. The van der Waals surface area contributed by atoms with Crippen LogP contribution in [-0.4, -0.2) is 20.1 Å². The van der Waals surface area contributed by atoms with Gasteiger partial charge in [0.25, 0.3) is 0 Å². The molecule has 4 aromatic rings. The van der Waals surface area contributed by atoms with Crippen LogP contribution in [0.25, 0.3) is 21.9 Å². The van der Waals surface area contributed by atoms with Crippen molar-refractivity contribution in [1.29, 1.82) is 0 Å². The Morgan fingerprint density at radius 2 is 1.79 bits per heavy atom. The molecule has 1 amide bonds. The normalized spacial score (nSPS) is 11.7. The summed E-state index contributed by atoms with van der Waals surface area (Å²) in [4.78, 5) is 25.6. The van der Waals surface area contributed by atoms with Crippen LogP contribution in [-0.2, 0) is 16.6 Å². The number of nitrogens with one attached hydrogen (secondary N) is 1. The molecule has 1 N–H and O–H groups in total. The number of methoxy groups -OCH3 is 2. The van der Waals surface area contributed by atoms with Crippen LogP contribution in [0.15, 0.2) is 50.2 Å². The van der Waals surface area contributed by atoms with Crippen molar-refractivity contribution in [3.63, 3.8) is 0 Å². The van der Waals surface area contributed by atoms with Crippen molar-refractivity contribution in [3.8, 4) is 11.5 Å². The maximum absolute atomic E-state index is 12.8. The molecule has 0 bridgehead atoms. The lowest BCUT2D eigenvalue weighted by molar-refractivity contribution is -0.115. The minimum absolute atomic E-state index is 0.110. The minimum atomic E-state index is -0.547. The Labute approximate surface area is 191 Å². The van der Waals surface area contributed by atoms with Crippen LogP contribution in [0.4, 0.5) is 5.69 Å². The molecule has 0 aliphatic carbocycles. The summed E-state index contributed by atoms with van der Waals surface area (Å²) in [5.74, 6) is 0.700. The molecule has 0 fully saturated rings. The summed E-state index contributed by atoms with van der Waals surface area (Å²) in [5, 5.41) is 4.54. The Morgan fingerprint density at radius 3 is 2.45 bits per heavy atom. The fourth-order valence-corrected chi connectivity index (χ4v) is 3.96. The molecule has 0 radical (unpaired) electrons. The molecule has 7 nitrogen and oxygen atoms in total. The quantitative estimate of drug-likeness (QED) is 0.414. The van der Waals surface area contributed by atoms with Crippen LogP contribution < -0.4 is 20.4 Å². The molecule has 2 aromatic carbocycles. The summed E-state index contributed by atoms with van der Waals surface area (Å²) in [6, 6.07) is 8.81. The van der Waals surface area contributed by atoms with E-state index in [4.69, 9.17) is 18.3 Å². The van der Waals surface area contributed by atoms with E-state index in [1.165, 1.54) is 7.11 Å². The fraction of sp³-hybridized carbons (Fsp3) is 0.308. The number of furan rings is 1. The summed E-state index contributed by atoms with van der Waals surface area (Å²) in [7, 11) is 3.06. The van der Waals surface area contributed by atoms with Crippen LogP contribution in [0.1, 0.15) is 37.5 Å². The third-order valence-corrected chi connectivity index (χ3v) is 5.81. The second kappa shape index (κ2) is 8.31. The molecule has 4 rings (SSSR count). The number of hydrogen-bond donors (Lipinski definition) is 1. The van der Waals surface area contributed by atoms with E-state index in [9.17, 15) is 9.59 Å².